The van der Waals surface area contributed by atoms with Gasteiger partial charge in [-0.05, 0) is 76.3 Å². The van der Waals surface area contributed by atoms with Gasteiger partial charge >= 0.3 is 11.9 Å². The molecule has 1 unspecified atom stereocenters. The predicted molar refractivity (Wildman–Crippen MR) is 246 cm³/mol. The SMILES string of the molecule is CCCCCC(CCCCC)CCOC(=O)CCCCCCCCC(CCCCCCCC(=O)OCCC(CCCCC)CCCCC)COCCCN(C)CC. The van der Waals surface area contributed by atoms with Crippen LogP contribution in [-0.2, 0) is 23.8 Å². The second kappa shape index (κ2) is 44.4. The van der Waals surface area contributed by atoms with Gasteiger partial charge in [-0.3, -0.25) is 9.59 Å². The molecule has 0 N–H and O–H groups in total. The van der Waals surface area contributed by atoms with E-state index in [2.05, 4.69) is 46.6 Å². The van der Waals surface area contributed by atoms with Crippen LogP contribution in [0.2, 0.25) is 0 Å². The minimum atomic E-state index is 0.00519. The third-order valence-electron chi connectivity index (χ3n) is 12.4. The van der Waals surface area contributed by atoms with Crippen LogP contribution in [0.1, 0.15) is 253 Å². The highest BCUT2D eigenvalue weighted by Crippen LogP contribution is 2.23. The molecule has 6 heteroatoms. The van der Waals surface area contributed by atoms with Gasteiger partial charge in [-0.2, -0.15) is 0 Å². The molecule has 0 heterocycles. The van der Waals surface area contributed by atoms with E-state index < -0.39 is 0 Å². The highest BCUT2D eigenvalue weighted by Gasteiger charge is 2.13. The summed E-state index contributed by atoms with van der Waals surface area (Å²) in [5.41, 5.74) is 0. The molecule has 0 aliphatic rings. The molecule has 0 spiro atoms. The minimum absolute atomic E-state index is 0.00519. The monoisotopic (exact) mass is 808 g/mol. The lowest BCUT2D eigenvalue weighted by Gasteiger charge is -2.18. The van der Waals surface area contributed by atoms with Crippen LogP contribution < -0.4 is 0 Å². The first-order valence-electron chi connectivity index (χ1n) is 25.5. The number of hydrogen-bond donors (Lipinski definition) is 0. The fraction of sp³-hybridized carbons (Fsp3) is 0.961. The zero-order valence-corrected chi connectivity index (χ0v) is 39.5. The van der Waals surface area contributed by atoms with Gasteiger partial charge in [-0.15, -0.1) is 0 Å². The third kappa shape index (κ3) is 40.1. The van der Waals surface area contributed by atoms with Crippen LogP contribution in [0.4, 0.5) is 0 Å². The second-order valence-electron chi connectivity index (χ2n) is 17.9. The van der Waals surface area contributed by atoms with E-state index in [1.54, 1.807) is 0 Å². The molecule has 0 bridgehead atoms. The van der Waals surface area contributed by atoms with E-state index in [0.29, 0.717) is 32.0 Å². The maximum absolute atomic E-state index is 12.4. The van der Waals surface area contributed by atoms with Crippen molar-refractivity contribution in [3.63, 3.8) is 0 Å². The van der Waals surface area contributed by atoms with Crippen LogP contribution in [0, 0.1) is 17.8 Å². The molecule has 0 rings (SSSR count). The van der Waals surface area contributed by atoms with Gasteiger partial charge in [-0.1, -0.05) is 195 Å². The number of carbonyl (C=O) groups excluding carboxylic acids is 2. The molecular weight excluding hydrogens is 707 g/mol. The summed E-state index contributed by atoms with van der Waals surface area (Å²) in [4.78, 5) is 27.1. The first-order chi connectivity index (χ1) is 27.9. The van der Waals surface area contributed by atoms with Crippen LogP contribution in [0.15, 0.2) is 0 Å². The number of unbranched alkanes of at least 4 members (excludes halogenated alkanes) is 17. The maximum Gasteiger partial charge on any atom is 0.305 e. The van der Waals surface area contributed by atoms with Gasteiger partial charge in [0.2, 0.25) is 0 Å². The van der Waals surface area contributed by atoms with Crippen LogP contribution in [0.25, 0.3) is 0 Å². The highest BCUT2D eigenvalue weighted by molar-refractivity contribution is 5.69. The largest absolute Gasteiger partial charge is 0.466 e. The second-order valence-corrected chi connectivity index (χ2v) is 17.9. The Morgan fingerprint density at radius 1 is 0.404 bits per heavy atom. The fourth-order valence-corrected chi connectivity index (χ4v) is 8.22. The summed E-state index contributed by atoms with van der Waals surface area (Å²) in [5, 5.41) is 0. The summed E-state index contributed by atoms with van der Waals surface area (Å²) >= 11 is 0. The molecule has 0 radical (unpaired) electrons. The first kappa shape index (κ1) is 55.9. The van der Waals surface area contributed by atoms with Crippen molar-refractivity contribution in [3.05, 3.63) is 0 Å². The van der Waals surface area contributed by atoms with Crippen molar-refractivity contribution in [1.29, 1.82) is 0 Å². The molecule has 0 saturated carbocycles. The zero-order chi connectivity index (χ0) is 41.9. The quantitative estimate of drug-likeness (QED) is 0.0451. The molecule has 0 aromatic heterocycles. The molecule has 340 valence electrons. The molecule has 1 atom stereocenters. The van der Waals surface area contributed by atoms with Gasteiger partial charge in [-0.25, -0.2) is 0 Å². The lowest BCUT2D eigenvalue weighted by molar-refractivity contribution is -0.145. The van der Waals surface area contributed by atoms with Crippen LogP contribution >= 0.6 is 0 Å². The van der Waals surface area contributed by atoms with Gasteiger partial charge in [0, 0.05) is 32.6 Å². The van der Waals surface area contributed by atoms with E-state index >= 15 is 0 Å². The molecule has 0 aliphatic heterocycles. The highest BCUT2D eigenvalue weighted by atomic mass is 16.5. The standard InChI is InChI=1S/C51H101NO5/c1-7-12-23-32-47(33-24-13-8-2)40-44-56-50(53)38-29-21-17-16-19-27-36-49(46-55-43-31-42-52(6)11-5)37-28-20-18-22-30-39-51(54)57-45-41-48(34-25-14-9-3)35-26-15-10-4/h47-49H,7-46H2,1-6H3. The Balaban J connectivity index is 4.26. The van der Waals surface area contributed by atoms with Crippen LogP contribution in [0.5, 0.6) is 0 Å². The molecule has 0 fully saturated rings. The van der Waals surface area contributed by atoms with Crippen molar-refractivity contribution in [3.8, 4) is 0 Å². The molecule has 0 aromatic carbocycles. The first-order valence-corrected chi connectivity index (χ1v) is 25.5. The lowest BCUT2D eigenvalue weighted by Crippen LogP contribution is -2.20. The summed E-state index contributed by atoms with van der Waals surface area (Å²) < 4.78 is 17.5. The molecule has 57 heavy (non-hydrogen) atoms. The normalized spacial score (nSPS) is 12.3. The number of esters is 2. The summed E-state index contributed by atoms with van der Waals surface area (Å²) in [6.07, 6.45) is 40.4. The average Bonchev–Trinajstić information content (AvgIpc) is 3.20. The Hall–Kier alpha value is -1.14. The topological polar surface area (TPSA) is 65.1 Å². The number of rotatable bonds is 46. The van der Waals surface area contributed by atoms with Crippen molar-refractivity contribution in [2.75, 3.05) is 46.6 Å². The van der Waals surface area contributed by atoms with E-state index in [-0.39, 0.29) is 11.9 Å². The fourth-order valence-electron chi connectivity index (χ4n) is 8.22. The molecular formula is C51H101NO5. The van der Waals surface area contributed by atoms with Gasteiger partial charge in [0.25, 0.3) is 0 Å². The van der Waals surface area contributed by atoms with Gasteiger partial charge in [0.1, 0.15) is 0 Å². The van der Waals surface area contributed by atoms with Crippen LogP contribution in [0.3, 0.4) is 0 Å². The summed E-state index contributed by atoms with van der Waals surface area (Å²) in [7, 11) is 2.18. The van der Waals surface area contributed by atoms with Crippen molar-refractivity contribution in [1.82, 2.24) is 4.90 Å². The zero-order valence-electron chi connectivity index (χ0n) is 39.5. The van der Waals surface area contributed by atoms with Gasteiger partial charge in [0.05, 0.1) is 13.2 Å². The molecule has 0 saturated heterocycles. The van der Waals surface area contributed by atoms with Gasteiger partial charge in [0.15, 0.2) is 0 Å². The summed E-state index contributed by atoms with van der Waals surface area (Å²) in [6, 6.07) is 0. The van der Waals surface area contributed by atoms with E-state index in [9.17, 15) is 9.59 Å². The number of ether oxygens (including phenoxy) is 3. The number of nitrogens with zero attached hydrogens (tertiary/aromatic N) is 1. The van der Waals surface area contributed by atoms with Crippen molar-refractivity contribution in [2.45, 2.75) is 253 Å². The smallest absolute Gasteiger partial charge is 0.305 e. The van der Waals surface area contributed by atoms with Crippen molar-refractivity contribution < 1.29 is 23.8 Å². The molecule has 6 nitrogen and oxygen atoms in total. The number of carbonyl (C=O) groups is 2. The van der Waals surface area contributed by atoms with Gasteiger partial charge < -0.3 is 19.1 Å². The van der Waals surface area contributed by atoms with Crippen molar-refractivity contribution >= 4 is 11.9 Å². The minimum Gasteiger partial charge on any atom is -0.466 e. The Kier molecular flexibility index (Phi) is 43.5. The van der Waals surface area contributed by atoms with E-state index in [1.165, 1.54) is 161 Å². The van der Waals surface area contributed by atoms with E-state index in [0.717, 1.165) is 83.1 Å². The summed E-state index contributed by atoms with van der Waals surface area (Å²) in [5.74, 6) is 2.09. The molecule has 0 aromatic rings. The van der Waals surface area contributed by atoms with E-state index in [1.807, 2.05) is 0 Å². The average molecular weight is 808 g/mol. The predicted octanol–water partition coefficient (Wildman–Crippen LogP) is 15.2. The van der Waals surface area contributed by atoms with Crippen molar-refractivity contribution in [2.24, 2.45) is 17.8 Å². The third-order valence-corrected chi connectivity index (χ3v) is 12.4. The lowest BCUT2D eigenvalue weighted by atomic mass is 9.92. The Bertz CT molecular complexity index is 816. The summed E-state index contributed by atoms with van der Waals surface area (Å²) in [6.45, 7) is 16.4. The Labute approximate surface area is 356 Å². The van der Waals surface area contributed by atoms with Crippen LogP contribution in [-0.4, -0.2) is 63.4 Å². The maximum atomic E-state index is 12.4. The number of hydrogen-bond acceptors (Lipinski definition) is 6. The Morgan fingerprint density at radius 3 is 1.14 bits per heavy atom. The molecule has 0 aliphatic carbocycles. The molecule has 0 amide bonds. The van der Waals surface area contributed by atoms with E-state index in [4.69, 9.17) is 14.2 Å². The Morgan fingerprint density at radius 2 is 0.754 bits per heavy atom.